The number of ether oxygens (including phenoxy) is 2. The van der Waals surface area contributed by atoms with E-state index in [1.165, 1.54) is 25.9 Å². The van der Waals surface area contributed by atoms with Gasteiger partial charge in [-0.15, -0.1) is 0 Å². The first-order valence-electron chi connectivity index (χ1n) is 8.98. The number of carbonyl (C=O) groups is 1. The summed E-state index contributed by atoms with van der Waals surface area (Å²) in [6, 6.07) is 3.40. The van der Waals surface area contributed by atoms with E-state index >= 15 is 0 Å². The van der Waals surface area contributed by atoms with E-state index < -0.39 is 0 Å². The number of nitrogens with zero attached hydrogens (tertiary/aromatic N) is 1. The van der Waals surface area contributed by atoms with Gasteiger partial charge in [0.15, 0.2) is 11.5 Å². The lowest BCUT2D eigenvalue weighted by Gasteiger charge is -2.30. The van der Waals surface area contributed by atoms with Crippen LogP contribution in [0.15, 0.2) is 16.6 Å². The zero-order valence-electron chi connectivity index (χ0n) is 14.6. The van der Waals surface area contributed by atoms with Gasteiger partial charge in [0.1, 0.15) is 13.2 Å². The second kappa shape index (κ2) is 8.76. The average molecular weight is 412 g/mol. The predicted octanol–water partition coefficient (Wildman–Crippen LogP) is 3.46. The second-order valence-corrected chi connectivity index (χ2v) is 7.59. The Morgan fingerprint density at radius 2 is 1.92 bits per heavy atom. The van der Waals surface area contributed by atoms with Crippen molar-refractivity contribution in [3.05, 3.63) is 16.6 Å². The Morgan fingerprint density at radius 3 is 2.64 bits per heavy atom. The van der Waals surface area contributed by atoms with E-state index in [4.69, 9.17) is 9.47 Å². The number of halogens is 1. The third kappa shape index (κ3) is 5.25. The van der Waals surface area contributed by atoms with Crippen LogP contribution in [0.2, 0.25) is 0 Å². The highest BCUT2D eigenvalue weighted by Gasteiger charge is 2.17. The van der Waals surface area contributed by atoms with Crippen molar-refractivity contribution < 1.29 is 14.3 Å². The van der Waals surface area contributed by atoms with Crippen LogP contribution in [0.4, 0.5) is 10.5 Å². The van der Waals surface area contributed by atoms with E-state index in [2.05, 4.69) is 38.4 Å². The number of amides is 2. The summed E-state index contributed by atoms with van der Waals surface area (Å²) in [6.45, 7) is 7.45. The number of hydrogen-bond donors (Lipinski definition) is 2. The van der Waals surface area contributed by atoms with Crippen molar-refractivity contribution in [1.29, 1.82) is 0 Å². The fraction of sp³-hybridized carbons (Fsp3) is 0.611. The predicted molar refractivity (Wildman–Crippen MR) is 102 cm³/mol. The molecule has 2 N–H and O–H groups in total. The number of piperidine rings is 1. The summed E-state index contributed by atoms with van der Waals surface area (Å²) in [4.78, 5) is 14.6. The van der Waals surface area contributed by atoms with Gasteiger partial charge in [-0.25, -0.2) is 4.79 Å². The topological polar surface area (TPSA) is 62.8 Å². The molecule has 1 aromatic rings. The highest BCUT2D eigenvalue weighted by atomic mass is 79.9. The largest absolute Gasteiger partial charge is 0.486 e. The highest BCUT2D eigenvalue weighted by molar-refractivity contribution is 9.10. The molecule has 0 radical (unpaired) electrons. The van der Waals surface area contributed by atoms with Gasteiger partial charge >= 0.3 is 6.03 Å². The van der Waals surface area contributed by atoms with Crippen molar-refractivity contribution in [3.63, 3.8) is 0 Å². The van der Waals surface area contributed by atoms with Crippen LogP contribution in [0.1, 0.15) is 26.2 Å². The quantitative estimate of drug-likeness (QED) is 0.728. The Kier molecular flexibility index (Phi) is 6.42. The Hall–Kier alpha value is -1.47. The van der Waals surface area contributed by atoms with Gasteiger partial charge in [0.25, 0.3) is 0 Å². The number of urea groups is 1. The van der Waals surface area contributed by atoms with E-state index in [1.807, 2.05) is 6.07 Å². The molecule has 0 aliphatic carbocycles. The normalized spacial score (nSPS) is 18.0. The van der Waals surface area contributed by atoms with Crippen LogP contribution in [0, 0.1) is 5.92 Å². The van der Waals surface area contributed by atoms with Gasteiger partial charge in [-0.1, -0.05) is 6.92 Å². The molecule has 0 bridgehead atoms. The third-order valence-corrected chi connectivity index (χ3v) is 5.35. The molecule has 1 fully saturated rings. The lowest BCUT2D eigenvalue weighted by atomic mass is 9.99. The van der Waals surface area contributed by atoms with Crippen molar-refractivity contribution in [2.75, 3.05) is 44.7 Å². The zero-order valence-corrected chi connectivity index (χ0v) is 16.2. The van der Waals surface area contributed by atoms with Gasteiger partial charge < -0.3 is 25.0 Å². The molecular weight excluding hydrogens is 386 g/mol. The average Bonchev–Trinajstić information content (AvgIpc) is 2.61. The molecule has 0 saturated carbocycles. The summed E-state index contributed by atoms with van der Waals surface area (Å²) in [7, 11) is 0. The van der Waals surface area contributed by atoms with E-state index in [0.29, 0.717) is 36.9 Å². The van der Waals surface area contributed by atoms with Gasteiger partial charge in [0.2, 0.25) is 0 Å². The van der Waals surface area contributed by atoms with Crippen LogP contribution < -0.4 is 20.1 Å². The molecule has 2 aliphatic rings. The number of likely N-dealkylation sites (tertiary alicyclic amines) is 1. The highest BCUT2D eigenvalue weighted by Crippen LogP contribution is 2.38. The lowest BCUT2D eigenvalue weighted by molar-refractivity contribution is 0.171. The summed E-state index contributed by atoms with van der Waals surface area (Å²) >= 11 is 3.46. The molecule has 1 aromatic carbocycles. The molecule has 1 saturated heterocycles. The van der Waals surface area contributed by atoms with Crippen LogP contribution in [-0.2, 0) is 0 Å². The Morgan fingerprint density at radius 1 is 1.24 bits per heavy atom. The molecular formula is C18H26BrN3O3. The Bertz CT molecular complexity index is 603. The number of carbonyl (C=O) groups excluding carboxylic acids is 1. The zero-order chi connectivity index (χ0) is 17.6. The molecule has 7 heteroatoms. The molecule has 0 aromatic heterocycles. The molecule has 6 nitrogen and oxygen atoms in total. The number of hydrogen-bond acceptors (Lipinski definition) is 4. The van der Waals surface area contributed by atoms with Crippen molar-refractivity contribution >= 4 is 27.6 Å². The van der Waals surface area contributed by atoms with Gasteiger partial charge in [0, 0.05) is 23.2 Å². The fourth-order valence-corrected chi connectivity index (χ4v) is 3.54. The summed E-state index contributed by atoms with van der Waals surface area (Å²) in [5.41, 5.74) is 0.673. The molecule has 0 unspecified atom stereocenters. The molecule has 2 amide bonds. The SMILES string of the molecule is CC1CCN(CCCNC(=O)Nc2cc3c(cc2Br)OCCO3)CC1. The molecule has 3 rings (SSSR count). The van der Waals surface area contributed by atoms with Crippen LogP contribution in [0.25, 0.3) is 0 Å². The molecule has 2 heterocycles. The van der Waals surface area contributed by atoms with Gasteiger partial charge in [-0.3, -0.25) is 0 Å². The molecule has 0 spiro atoms. The maximum absolute atomic E-state index is 12.1. The number of fused-ring (bicyclic) bond motifs is 1. The van der Waals surface area contributed by atoms with Gasteiger partial charge in [-0.2, -0.15) is 0 Å². The molecule has 25 heavy (non-hydrogen) atoms. The first kappa shape index (κ1) is 18.3. The minimum Gasteiger partial charge on any atom is -0.486 e. The van der Waals surface area contributed by atoms with Gasteiger partial charge in [0.05, 0.1) is 5.69 Å². The van der Waals surface area contributed by atoms with Crippen LogP contribution >= 0.6 is 15.9 Å². The van der Waals surface area contributed by atoms with Crippen LogP contribution in [0.5, 0.6) is 11.5 Å². The van der Waals surface area contributed by atoms with Gasteiger partial charge in [-0.05, 0) is 60.7 Å². The van der Waals surface area contributed by atoms with Crippen molar-refractivity contribution in [3.8, 4) is 11.5 Å². The molecule has 0 atom stereocenters. The van der Waals surface area contributed by atoms with Crippen LogP contribution in [-0.4, -0.2) is 50.3 Å². The minimum atomic E-state index is -0.204. The van der Waals surface area contributed by atoms with Crippen LogP contribution in [0.3, 0.4) is 0 Å². The first-order chi connectivity index (χ1) is 12.1. The third-order valence-electron chi connectivity index (χ3n) is 4.69. The van der Waals surface area contributed by atoms with Crippen molar-refractivity contribution in [2.24, 2.45) is 5.92 Å². The first-order valence-corrected chi connectivity index (χ1v) is 9.77. The second-order valence-electron chi connectivity index (χ2n) is 6.73. The number of benzene rings is 1. The van der Waals surface area contributed by atoms with E-state index in [9.17, 15) is 4.79 Å². The summed E-state index contributed by atoms with van der Waals surface area (Å²) in [6.07, 6.45) is 3.53. The lowest BCUT2D eigenvalue weighted by Crippen LogP contribution is -2.36. The maximum atomic E-state index is 12.1. The molecule has 2 aliphatic heterocycles. The standard InChI is InChI=1S/C18H26BrN3O3/c1-13-3-7-22(8-4-13)6-2-5-20-18(23)21-15-12-17-16(11-14(15)19)24-9-10-25-17/h11-13H,2-10H2,1H3,(H2,20,21,23). The Labute approximate surface area is 157 Å². The number of anilines is 1. The van der Waals surface area contributed by atoms with E-state index in [0.717, 1.165) is 23.4 Å². The summed E-state index contributed by atoms with van der Waals surface area (Å²) < 4.78 is 11.8. The minimum absolute atomic E-state index is 0.204. The van der Waals surface area contributed by atoms with Crippen molar-refractivity contribution in [1.82, 2.24) is 10.2 Å². The Balaban J connectivity index is 1.40. The maximum Gasteiger partial charge on any atom is 0.319 e. The summed E-state index contributed by atoms with van der Waals surface area (Å²) in [5, 5.41) is 5.78. The molecule has 138 valence electrons. The smallest absolute Gasteiger partial charge is 0.319 e. The monoisotopic (exact) mass is 411 g/mol. The fourth-order valence-electron chi connectivity index (χ4n) is 3.12. The van der Waals surface area contributed by atoms with Crippen molar-refractivity contribution in [2.45, 2.75) is 26.2 Å². The summed E-state index contributed by atoms with van der Waals surface area (Å²) in [5.74, 6) is 2.20. The number of rotatable bonds is 5. The van der Waals surface area contributed by atoms with E-state index in [-0.39, 0.29) is 6.03 Å². The van der Waals surface area contributed by atoms with E-state index in [1.54, 1.807) is 6.07 Å². The number of nitrogens with one attached hydrogen (secondary N) is 2.